The van der Waals surface area contributed by atoms with Crippen molar-refractivity contribution in [3.63, 3.8) is 0 Å². The highest BCUT2D eigenvalue weighted by Crippen LogP contribution is 2.17. The number of nitrogens with one attached hydrogen (secondary N) is 1. The van der Waals surface area contributed by atoms with Gasteiger partial charge in [0.05, 0.1) is 5.69 Å². The highest BCUT2D eigenvalue weighted by molar-refractivity contribution is 14.1. The average molecular weight is 310 g/mol. The van der Waals surface area contributed by atoms with Crippen molar-refractivity contribution >= 4 is 22.9 Å². The largest absolute Gasteiger partial charge is 0.257 e. The van der Waals surface area contributed by atoms with Gasteiger partial charge in [-0.15, -0.1) is 0 Å². The highest BCUT2D eigenvalue weighted by atomic mass is 127. The first-order valence-electron chi connectivity index (χ1n) is 4.74. The summed E-state index contributed by atoms with van der Waals surface area (Å²) in [7, 11) is 0. The molecule has 0 atom stereocenters. The molecule has 2 rings (SSSR count). The van der Waals surface area contributed by atoms with Gasteiger partial charge in [0.25, 0.3) is 0 Å². The van der Waals surface area contributed by atoms with Gasteiger partial charge in [-0.25, -0.2) is 0 Å². The number of aromatic nitrogens is 1. The fourth-order valence-corrected chi connectivity index (χ4v) is 1.87. The normalized spacial score (nSPS) is 10.2. The summed E-state index contributed by atoms with van der Waals surface area (Å²) in [4.78, 5) is 4.36. The Balaban J connectivity index is 2.33. The lowest BCUT2D eigenvalue weighted by Crippen LogP contribution is -1.98. The van der Waals surface area contributed by atoms with Gasteiger partial charge >= 0.3 is 0 Å². The van der Waals surface area contributed by atoms with E-state index in [1.165, 1.54) is 5.56 Å². The van der Waals surface area contributed by atoms with E-state index in [0.717, 1.165) is 17.8 Å². The molecule has 3 heteroatoms. The maximum atomic E-state index is 4.36. The minimum Gasteiger partial charge on any atom is -0.257 e. The second-order valence-electron chi connectivity index (χ2n) is 3.23. The van der Waals surface area contributed by atoms with E-state index >= 15 is 0 Å². The Morgan fingerprint density at radius 1 is 1.13 bits per heavy atom. The molecule has 0 fully saturated rings. The van der Waals surface area contributed by atoms with Crippen LogP contribution < -0.4 is 3.53 Å². The summed E-state index contributed by atoms with van der Waals surface area (Å²) in [6, 6.07) is 14.4. The van der Waals surface area contributed by atoms with Crippen molar-refractivity contribution in [3.05, 3.63) is 54.2 Å². The Hall–Kier alpha value is -0.940. The smallest absolute Gasteiger partial charge is 0.0705 e. The van der Waals surface area contributed by atoms with Crippen LogP contribution >= 0.6 is 22.9 Å². The number of halogens is 1. The second-order valence-corrected chi connectivity index (χ2v) is 3.99. The molecule has 0 aliphatic carbocycles. The van der Waals surface area contributed by atoms with Gasteiger partial charge < -0.3 is 0 Å². The fraction of sp³-hybridized carbons (Fsp3) is 0.0833. The van der Waals surface area contributed by atoms with E-state index in [9.17, 15) is 0 Å². The van der Waals surface area contributed by atoms with Crippen molar-refractivity contribution in [1.29, 1.82) is 0 Å². The molecule has 0 aliphatic rings. The minimum atomic E-state index is 0.864. The van der Waals surface area contributed by atoms with Gasteiger partial charge in [-0.05, 0) is 17.7 Å². The van der Waals surface area contributed by atoms with Crippen LogP contribution in [-0.4, -0.2) is 4.98 Å². The van der Waals surface area contributed by atoms with Gasteiger partial charge in [0.1, 0.15) is 0 Å². The summed E-state index contributed by atoms with van der Waals surface area (Å²) in [5, 5.41) is 0. The van der Waals surface area contributed by atoms with Crippen LogP contribution in [0, 0.1) is 0 Å². The molecule has 0 unspecified atom stereocenters. The summed E-state index contributed by atoms with van der Waals surface area (Å²) < 4.78 is 3.10. The van der Waals surface area contributed by atoms with Gasteiger partial charge in [-0.2, -0.15) is 0 Å². The van der Waals surface area contributed by atoms with E-state index < -0.39 is 0 Å². The lowest BCUT2D eigenvalue weighted by molar-refractivity contribution is 1.01. The lowest BCUT2D eigenvalue weighted by atomic mass is 10.1. The molecule has 1 aromatic carbocycles. The summed E-state index contributed by atoms with van der Waals surface area (Å²) >= 11 is 2.15. The van der Waals surface area contributed by atoms with Crippen molar-refractivity contribution in [2.24, 2.45) is 0 Å². The summed E-state index contributed by atoms with van der Waals surface area (Å²) in [5.41, 5.74) is 3.44. The van der Waals surface area contributed by atoms with E-state index in [2.05, 4.69) is 49.6 Å². The Labute approximate surface area is 103 Å². The van der Waals surface area contributed by atoms with Crippen molar-refractivity contribution in [3.8, 4) is 11.3 Å². The molecule has 0 saturated heterocycles. The summed E-state index contributed by atoms with van der Waals surface area (Å²) in [5.74, 6) is 0. The Morgan fingerprint density at radius 3 is 2.67 bits per heavy atom. The SMILES string of the molecule is INCc1ccnc(-c2ccccc2)c1. The predicted octanol–water partition coefficient (Wildman–Crippen LogP) is 3.19. The molecular formula is C12H11IN2. The molecule has 0 radical (unpaired) electrons. The topological polar surface area (TPSA) is 24.9 Å². The van der Waals surface area contributed by atoms with Crippen LogP contribution in [0.15, 0.2) is 48.7 Å². The molecule has 2 nitrogen and oxygen atoms in total. The molecule has 1 N–H and O–H groups in total. The fourth-order valence-electron chi connectivity index (χ4n) is 1.43. The van der Waals surface area contributed by atoms with Crippen LogP contribution in [0.1, 0.15) is 5.56 Å². The van der Waals surface area contributed by atoms with Gasteiger partial charge in [-0.3, -0.25) is 8.51 Å². The van der Waals surface area contributed by atoms with E-state index in [1.54, 1.807) is 0 Å². The molecule has 0 amide bonds. The molecule has 0 spiro atoms. The Morgan fingerprint density at radius 2 is 1.93 bits per heavy atom. The van der Waals surface area contributed by atoms with Gasteiger partial charge in [-0.1, -0.05) is 30.3 Å². The maximum Gasteiger partial charge on any atom is 0.0705 e. The molecule has 0 aliphatic heterocycles. The van der Waals surface area contributed by atoms with Crippen molar-refractivity contribution in [2.75, 3.05) is 0 Å². The van der Waals surface area contributed by atoms with Crippen LogP contribution in [0.3, 0.4) is 0 Å². The maximum absolute atomic E-state index is 4.36. The van der Waals surface area contributed by atoms with Crippen LogP contribution in [0.2, 0.25) is 0 Å². The third kappa shape index (κ3) is 2.76. The first kappa shape index (κ1) is 10.6. The minimum absolute atomic E-state index is 0.864. The quantitative estimate of drug-likeness (QED) is 0.696. The van der Waals surface area contributed by atoms with Crippen LogP contribution in [0.25, 0.3) is 11.3 Å². The summed E-state index contributed by atoms with van der Waals surface area (Å²) in [6.07, 6.45) is 1.85. The van der Waals surface area contributed by atoms with Crippen LogP contribution in [0.5, 0.6) is 0 Å². The zero-order valence-electron chi connectivity index (χ0n) is 8.15. The monoisotopic (exact) mass is 310 g/mol. The number of benzene rings is 1. The second kappa shape index (κ2) is 5.23. The zero-order chi connectivity index (χ0) is 10.5. The Bertz CT molecular complexity index is 429. The van der Waals surface area contributed by atoms with Crippen LogP contribution in [0.4, 0.5) is 0 Å². The van der Waals surface area contributed by atoms with Crippen molar-refractivity contribution < 1.29 is 0 Å². The molecule has 1 heterocycles. The molecule has 2 aromatic rings. The standard InChI is InChI=1S/C12H11IN2/c13-15-9-10-6-7-14-12(8-10)11-4-2-1-3-5-11/h1-8,15H,9H2. The van der Waals surface area contributed by atoms with E-state index in [0.29, 0.717) is 0 Å². The zero-order valence-corrected chi connectivity index (χ0v) is 10.3. The molecular weight excluding hydrogens is 299 g/mol. The van der Waals surface area contributed by atoms with Crippen molar-refractivity contribution in [1.82, 2.24) is 8.51 Å². The number of hydrogen-bond donors (Lipinski definition) is 1. The van der Waals surface area contributed by atoms with E-state index in [4.69, 9.17) is 0 Å². The molecule has 0 saturated carbocycles. The number of rotatable bonds is 3. The Kier molecular flexibility index (Phi) is 3.69. The van der Waals surface area contributed by atoms with Gasteiger partial charge in [0, 0.05) is 41.2 Å². The van der Waals surface area contributed by atoms with Crippen molar-refractivity contribution in [2.45, 2.75) is 6.54 Å². The van der Waals surface area contributed by atoms with Gasteiger partial charge in [0.2, 0.25) is 0 Å². The molecule has 15 heavy (non-hydrogen) atoms. The molecule has 76 valence electrons. The first-order valence-corrected chi connectivity index (χ1v) is 5.82. The lowest BCUT2D eigenvalue weighted by Gasteiger charge is -2.03. The highest BCUT2D eigenvalue weighted by Gasteiger charge is 1.99. The van der Waals surface area contributed by atoms with E-state index in [-0.39, 0.29) is 0 Å². The van der Waals surface area contributed by atoms with Gasteiger partial charge in [0.15, 0.2) is 0 Å². The summed E-state index contributed by atoms with van der Waals surface area (Å²) in [6.45, 7) is 0.864. The first-order chi connectivity index (χ1) is 7.40. The van der Waals surface area contributed by atoms with E-state index in [1.807, 2.05) is 30.5 Å². The number of pyridine rings is 1. The predicted molar refractivity (Wildman–Crippen MR) is 70.5 cm³/mol. The number of hydrogen-bond acceptors (Lipinski definition) is 2. The third-order valence-electron chi connectivity index (χ3n) is 2.16. The van der Waals surface area contributed by atoms with Crippen LogP contribution in [-0.2, 0) is 6.54 Å². The average Bonchev–Trinajstić information content (AvgIpc) is 2.31. The third-order valence-corrected chi connectivity index (χ3v) is 2.55. The molecule has 1 aromatic heterocycles. The number of nitrogens with zero attached hydrogens (tertiary/aromatic N) is 1. The molecule has 0 bridgehead atoms.